The number of rotatable bonds is 1. The zero-order chi connectivity index (χ0) is 5.98. The summed E-state index contributed by atoms with van der Waals surface area (Å²) in [5.41, 5.74) is 0. The Morgan fingerprint density at radius 2 is 2.50 bits per heavy atom. The fourth-order valence-corrected chi connectivity index (χ4v) is 3.16. The number of nitroso groups, excluding NO2 is 1. The van der Waals surface area contributed by atoms with Crippen molar-refractivity contribution >= 4 is 23.5 Å². The minimum Gasteiger partial charge on any atom is -0.149 e. The van der Waals surface area contributed by atoms with Crippen LogP contribution in [0.1, 0.15) is 6.92 Å². The Bertz CT molecular complexity index is 98.0. The van der Waals surface area contributed by atoms with Gasteiger partial charge in [0.1, 0.15) is 0 Å². The second kappa shape index (κ2) is 2.73. The van der Waals surface area contributed by atoms with Crippen molar-refractivity contribution in [2.75, 3.05) is 5.75 Å². The molecule has 0 N–H and O–H groups in total. The molecule has 1 aliphatic heterocycles. The molecule has 1 fully saturated rings. The first kappa shape index (κ1) is 6.42. The lowest BCUT2D eigenvalue weighted by atomic mass is 10.6. The van der Waals surface area contributed by atoms with Gasteiger partial charge < -0.3 is 0 Å². The van der Waals surface area contributed by atoms with E-state index in [-0.39, 0.29) is 4.71 Å². The topological polar surface area (TPSA) is 29.4 Å². The maximum atomic E-state index is 9.86. The minimum atomic E-state index is -0.0231. The van der Waals surface area contributed by atoms with Gasteiger partial charge in [-0.15, -0.1) is 28.4 Å². The highest BCUT2D eigenvalue weighted by Gasteiger charge is 2.22. The highest BCUT2D eigenvalue weighted by Crippen LogP contribution is 2.37. The SMILES string of the molecule is CC1CSC(N=O)S1. The van der Waals surface area contributed by atoms with Crippen molar-refractivity contribution in [2.45, 2.75) is 16.9 Å². The van der Waals surface area contributed by atoms with E-state index in [0.29, 0.717) is 5.25 Å². The largest absolute Gasteiger partial charge is 0.183 e. The molecule has 0 saturated carbocycles. The Hall–Kier alpha value is 0.300. The van der Waals surface area contributed by atoms with E-state index in [1.807, 2.05) is 0 Å². The third kappa shape index (κ3) is 1.39. The molecule has 46 valence electrons. The lowest BCUT2D eigenvalue weighted by Gasteiger charge is -1.93. The van der Waals surface area contributed by atoms with Crippen molar-refractivity contribution in [2.24, 2.45) is 5.18 Å². The lowest BCUT2D eigenvalue weighted by molar-refractivity contribution is 1.15. The molecule has 4 heteroatoms. The molecule has 2 unspecified atom stereocenters. The Morgan fingerprint density at radius 1 is 1.75 bits per heavy atom. The molecule has 0 amide bonds. The quantitative estimate of drug-likeness (QED) is 0.533. The highest BCUT2D eigenvalue weighted by atomic mass is 32.2. The van der Waals surface area contributed by atoms with Gasteiger partial charge in [-0.2, -0.15) is 0 Å². The van der Waals surface area contributed by atoms with Crippen LogP contribution in [0.15, 0.2) is 5.18 Å². The van der Waals surface area contributed by atoms with Gasteiger partial charge in [-0.1, -0.05) is 6.92 Å². The average molecular weight is 149 g/mol. The molecule has 0 radical (unpaired) electrons. The van der Waals surface area contributed by atoms with Crippen LogP contribution in [-0.2, 0) is 0 Å². The third-order valence-corrected chi connectivity index (χ3v) is 3.87. The lowest BCUT2D eigenvalue weighted by Crippen LogP contribution is -1.89. The summed E-state index contributed by atoms with van der Waals surface area (Å²) in [6.07, 6.45) is 0. The zero-order valence-electron chi connectivity index (χ0n) is 4.53. The van der Waals surface area contributed by atoms with Gasteiger partial charge in [-0.25, -0.2) is 0 Å². The molecule has 2 atom stereocenters. The molecule has 0 spiro atoms. The van der Waals surface area contributed by atoms with Gasteiger partial charge in [0.05, 0.1) is 0 Å². The van der Waals surface area contributed by atoms with Crippen LogP contribution >= 0.6 is 23.5 Å². The van der Waals surface area contributed by atoms with Crippen molar-refractivity contribution in [3.63, 3.8) is 0 Å². The van der Waals surface area contributed by atoms with Gasteiger partial charge in [0.15, 0.2) is 4.71 Å². The van der Waals surface area contributed by atoms with Crippen LogP contribution in [0.3, 0.4) is 0 Å². The monoisotopic (exact) mass is 149 g/mol. The fraction of sp³-hybridized carbons (Fsp3) is 1.00. The summed E-state index contributed by atoms with van der Waals surface area (Å²) in [4.78, 5) is 9.86. The number of hydrogen-bond donors (Lipinski definition) is 0. The smallest absolute Gasteiger partial charge is 0.149 e. The number of hydrogen-bond acceptors (Lipinski definition) is 4. The molecule has 0 aromatic heterocycles. The molecule has 1 aliphatic rings. The molecular formula is C4H7NOS2. The van der Waals surface area contributed by atoms with Crippen LogP contribution in [-0.4, -0.2) is 15.7 Å². The van der Waals surface area contributed by atoms with E-state index in [0.717, 1.165) is 5.75 Å². The Kier molecular flexibility index (Phi) is 2.19. The standard InChI is InChI=1S/C4H7NOS2/c1-3-2-7-4(5-6)8-3/h3-4H,2H2,1H3. The van der Waals surface area contributed by atoms with Crippen LogP contribution in [0.2, 0.25) is 0 Å². The van der Waals surface area contributed by atoms with Crippen molar-refractivity contribution < 1.29 is 0 Å². The Labute approximate surface area is 56.8 Å². The molecule has 2 nitrogen and oxygen atoms in total. The van der Waals surface area contributed by atoms with Crippen LogP contribution in [0.4, 0.5) is 0 Å². The summed E-state index contributed by atoms with van der Waals surface area (Å²) < 4.78 is -0.0231. The minimum absolute atomic E-state index is 0.0231. The van der Waals surface area contributed by atoms with Gasteiger partial charge >= 0.3 is 0 Å². The van der Waals surface area contributed by atoms with Crippen LogP contribution in [0, 0.1) is 4.91 Å². The first-order chi connectivity index (χ1) is 3.83. The predicted molar refractivity (Wildman–Crippen MR) is 39.1 cm³/mol. The molecule has 8 heavy (non-hydrogen) atoms. The van der Waals surface area contributed by atoms with Crippen LogP contribution < -0.4 is 0 Å². The molecule has 1 heterocycles. The summed E-state index contributed by atoms with van der Waals surface area (Å²) in [6, 6.07) is 0. The van der Waals surface area contributed by atoms with Crippen molar-refractivity contribution in [1.82, 2.24) is 0 Å². The molecule has 0 bridgehead atoms. The normalized spacial score (nSPS) is 37.6. The van der Waals surface area contributed by atoms with Crippen LogP contribution in [0.25, 0.3) is 0 Å². The summed E-state index contributed by atoms with van der Waals surface area (Å²) in [6.45, 7) is 2.11. The zero-order valence-corrected chi connectivity index (χ0v) is 6.17. The maximum absolute atomic E-state index is 9.86. The molecule has 1 rings (SSSR count). The summed E-state index contributed by atoms with van der Waals surface area (Å²) in [5.74, 6) is 1.07. The van der Waals surface area contributed by atoms with Crippen molar-refractivity contribution in [3.8, 4) is 0 Å². The molecule has 0 aromatic carbocycles. The Morgan fingerprint density at radius 3 is 2.75 bits per heavy atom. The predicted octanol–water partition coefficient (Wildman–Crippen LogP) is 1.90. The van der Waals surface area contributed by atoms with Gasteiger partial charge in [-0.05, 0) is 5.18 Å². The summed E-state index contributed by atoms with van der Waals surface area (Å²) in [7, 11) is 0. The van der Waals surface area contributed by atoms with Crippen molar-refractivity contribution in [3.05, 3.63) is 4.91 Å². The van der Waals surface area contributed by atoms with Gasteiger partial charge in [0.2, 0.25) is 0 Å². The number of thioether (sulfide) groups is 2. The van der Waals surface area contributed by atoms with Crippen LogP contribution in [0.5, 0.6) is 0 Å². The van der Waals surface area contributed by atoms with E-state index in [2.05, 4.69) is 12.1 Å². The average Bonchev–Trinajstić information content (AvgIpc) is 2.14. The molecule has 0 aliphatic carbocycles. The van der Waals surface area contributed by atoms with Gasteiger partial charge in [-0.3, -0.25) is 0 Å². The molecule has 1 saturated heterocycles. The van der Waals surface area contributed by atoms with E-state index in [9.17, 15) is 4.91 Å². The maximum Gasteiger partial charge on any atom is 0.183 e. The van der Waals surface area contributed by atoms with Crippen molar-refractivity contribution in [1.29, 1.82) is 0 Å². The van der Waals surface area contributed by atoms with E-state index in [1.165, 1.54) is 0 Å². The first-order valence-electron chi connectivity index (χ1n) is 2.42. The molecular weight excluding hydrogens is 142 g/mol. The summed E-state index contributed by atoms with van der Waals surface area (Å²) >= 11 is 3.28. The van der Waals surface area contributed by atoms with E-state index in [4.69, 9.17) is 0 Å². The van der Waals surface area contributed by atoms with Gasteiger partial charge in [0.25, 0.3) is 0 Å². The molecule has 0 aromatic rings. The highest BCUT2D eigenvalue weighted by molar-refractivity contribution is 8.20. The van der Waals surface area contributed by atoms with E-state index in [1.54, 1.807) is 23.5 Å². The Balaban J connectivity index is 2.32. The number of nitrogens with zero attached hydrogens (tertiary/aromatic N) is 1. The third-order valence-electron chi connectivity index (χ3n) is 0.908. The second-order valence-electron chi connectivity index (χ2n) is 1.69. The van der Waals surface area contributed by atoms with E-state index < -0.39 is 0 Å². The second-order valence-corrected chi connectivity index (χ2v) is 4.63. The summed E-state index contributed by atoms with van der Waals surface area (Å²) in [5, 5.41) is 3.53. The fourth-order valence-electron chi connectivity index (χ4n) is 0.550. The first-order valence-corrected chi connectivity index (χ1v) is 4.41. The van der Waals surface area contributed by atoms with E-state index >= 15 is 0 Å². The van der Waals surface area contributed by atoms with Gasteiger partial charge in [0, 0.05) is 11.0 Å².